The number of rotatable bonds is 2. The highest BCUT2D eigenvalue weighted by Gasteiger charge is 2.36. The first-order chi connectivity index (χ1) is 7.42. The summed E-state index contributed by atoms with van der Waals surface area (Å²) in [6.45, 7) is 5.32. The molecule has 1 saturated carbocycles. The fraction of sp³-hybridized carbons (Fsp3) is 1.00. The Hall–Kier alpha value is 0.270. The molecule has 2 aliphatic heterocycles. The zero-order chi connectivity index (χ0) is 10.1. The highest BCUT2D eigenvalue weighted by Crippen LogP contribution is 2.37. The van der Waals surface area contributed by atoms with Crippen LogP contribution in [0.15, 0.2) is 0 Å². The van der Waals surface area contributed by atoms with Gasteiger partial charge in [0, 0.05) is 43.7 Å². The van der Waals surface area contributed by atoms with E-state index in [-0.39, 0.29) is 0 Å². The lowest BCUT2D eigenvalue weighted by Gasteiger charge is -2.28. The molecule has 2 heterocycles. The number of likely N-dealkylation sites (tertiary alicyclic amines) is 1. The van der Waals surface area contributed by atoms with Crippen molar-refractivity contribution in [2.75, 3.05) is 37.7 Å². The standard InChI is InChI=1S/C12H22N2S/c1-2-10-6-14(7-11(10)3-1)8-12-9-15-5-4-13-12/h10-13H,1-9H2. The van der Waals surface area contributed by atoms with E-state index in [1.54, 1.807) is 0 Å². The lowest BCUT2D eigenvalue weighted by atomic mass is 10.0. The molecule has 2 saturated heterocycles. The van der Waals surface area contributed by atoms with Crippen molar-refractivity contribution in [2.45, 2.75) is 25.3 Å². The van der Waals surface area contributed by atoms with Crippen LogP contribution in [0.5, 0.6) is 0 Å². The average molecular weight is 226 g/mol. The second-order valence-electron chi connectivity index (χ2n) is 5.40. The van der Waals surface area contributed by atoms with Gasteiger partial charge in [-0.2, -0.15) is 11.8 Å². The highest BCUT2D eigenvalue weighted by molar-refractivity contribution is 7.99. The third-order valence-electron chi connectivity index (χ3n) is 4.28. The number of hydrogen-bond donors (Lipinski definition) is 1. The van der Waals surface area contributed by atoms with Gasteiger partial charge in [-0.1, -0.05) is 6.42 Å². The van der Waals surface area contributed by atoms with Gasteiger partial charge >= 0.3 is 0 Å². The molecular weight excluding hydrogens is 204 g/mol. The van der Waals surface area contributed by atoms with Crippen molar-refractivity contribution in [3.63, 3.8) is 0 Å². The van der Waals surface area contributed by atoms with Crippen LogP contribution in [0.2, 0.25) is 0 Å². The summed E-state index contributed by atoms with van der Waals surface area (Å²) < 4.78 is 0. The Bertz CT molecular complexity index is 204. The molecule has 1 aliphatic carbocycles. The topological polar surface area (TPSA) is 15.3 Å². The van der Waals surface area contributed by atoms with Crippen LogP contribution >= 0.6 is 11.8 Å². The second-order valence-corrected chi connectivity index (χ2v) is 6.55. The van der Waals surface area contributed by atoms with E-state index in [1.807, 2.05) is 0 Å². The number of nitrogens with one attached hydrogen (secondary N) is 1. The van der Waals surface area contributed by atoms with Gasteiger partial charge < -0.3 is 10.2 Å². The van der Waals surface area contributed by atoms with Crippen molar-refractivity contribution >= 4 is 11.8 Å². The number of hydrogen-bond acceptors (Lipinski definition) is 3. The molecular formula is C12H22N2S. The van der Waals surface area contributed by atoms with Gasteiger partial charge in [0.15, 0.2) is 0 Å². The second kappa shape index (κ2) is 4.64. The zero-order valence-electron chi connectivity index (χ0n) is 9.45. The van der Waals surface area contributed by atoms with Crippen LogP contribution in [0.1, 0.15) is 19.3 Å². The Morgan fingerprint density at radius 2 is 2.00 bits per heavy atom. The summed E-state index contributed by atoms with van der Waals surface area (Å²) in [5.74, 6) is 4.75. The SMILES string of the molecule is C1CC2CN(CC3CSCCN3)CC2C1. The molecule has 3 rings (SSSR count). The predicted molar refractivity (Wildman–Crippen MR) is 66.4 cm³/mol. The van der Waals surface area contributed by atoms with E-state index in [0.29, 0.717) is 0 Å². The smallest absolute Gasteiger partial charge is 0.0285 e. The molecule has 0 aromatic rings. The molecule has 0 aromatic carbocycles. The van der Waals surface area contributed by atoms with E-state index in [1.165, 1.54) is 56.9 Å². The van der Waals surface area contributed by atoms with E-state index in [9.17, 15) is 0 Å². The first-order valence-electron chi connectivity index (χ1n) is 6.45. The number of fused-ring (bicyclic) bond motifs is 1. The molecule has 0 spiro atoms. The fourth-order valence-electron chi connectivity index (χ4n) is 3.53. The monoisotopic (exact) mass is 226 g/mol. The van der Waals surface area contributed by atoms with Crippen LogP contribution < -0.4 is 5.32 Å². The van der Waals surface area contributed by atoms with Gasteiger partial charge in [-0.05, 0) is 24.7 Å². The summed E-state index contributed by atoms with van der Waals surface area (Å²) in [4.78, 5) is 2.72. The van der Waals surface area contributed by atoms with E-state index in [0.717, 1.165) is 17.9 Å². The molecule has 0 bridgehead atoms. The lowest BCUT2D eigenvalue weighted by molar-refractivity contribution is 0.280. The maximum Gasteiger partial charge on any atom is 0.0285 e. The van der Waals surface area contributed by atoms with Crippen molar-refractivity contribution in [1.29, 1.82) is 0 Å². The third-order valence-corrected chi connectivity index (χ3v) is 5.41. The number of nitrogens with zero attached hydrogens (tertiary/aromatic N) is 1. The molecule has 3 atom stereocenters. The summed E-state index contributed by atoms with van der Waals surface area (Å²) >= 11 is 2.12. The Balaban J connectivity index is 1.48. The summed E-state index contributed by atoms with van der Waals surface area (Å²) in [7, 11) is 0. The van der Waals surface area contributed by atoms with Gasteiger partial charge in [0.25, 0.3) is 0 Å². The normalized spacial score (nSPS) is 42.0. The maximum atomic E-state index is 3.65. The van der Waals surface area contributed by atoms with Gasteiger partial charge in [-0.25, -0.2) is 0 Å². The third kappa shape index (κ3) is 2.34. The zero-order valence-corrected chi connectivity index (χ0v) is 10.3. The minimum atomic E-state index is 0.766. The predicted octanol–water partition coefficient (Wildman–Crippen LogP) is 1.42. The van der Waals surface area contributed by atoms with Gasteiger partial charge in [0.05, 0.1) is 0 Å². The molecule has 86 valence electrons. The van der Waals surface area contributed by atoms with Crippen molar-refractivity contribution in [3.05, 3.63) is 0 Å². The summed E-state index contributed by atoms with van der Waals surface area (Å²) in [5, 5.41) is 3.65. The average Bonchev–Trinajstić information content (AvgIpc) is 2.79. The molecule has 3 fully saturated rings. The van der Waals surface area contributed by atoms with Crippen LogP contribution in [-0.4, -0.2) is 48.6 Å². The van der Waals surface area contributed by atoms with E-state index >= 15 is 0 Å². The van der Waals surface area contributed by atoms with Crippen molar-refractivity contribution in [3.8, 4) is 0 Å². The Kier molecular flexibility index (Phi) is 3.23. The Labute approximate surface area is 97.2 Å². The number of thioether (sulfide) groups is 1. The Morgan fingerprint density at radius 1 is 1.20 bits per heavy atom. The maximum absolute atomic E-state index is 3.65. The summed E-state index contributed by atoms with van der Waals surface area (Å²) in [6, 6.07) is 0.766. The quantitative estimate of drug-likeness (QED) is 0.767. The van der Waals surface area contributed by atoms with Crippen molar-refractivity contribution in [1.82, 2.24) is 10.2 Å². The molecule has 2 nitrogen and oxygen atoms in total. The van der Waals surface area contributed by atoms with Crippen LogP contribution in [-0.2, 0) is 0 Å². The van der Waals surface area contributed by atoms with Gasteiger partial charge in [-0.15, -0.1) is 0 Å². The van der Waals surface area contributed by atoms with E-state index in [4.69, 9.17) is 0 Å². The van der Waals surface area contributed by atoms with Crippen LogP contribution in [0, 0.1) is 11.8 Å². The largest absolute Gasteiger partial charge is 0.311 e. The van der Waals surface area contributed by atoms with E-state index < -0.39 is 0 Å². The fourth-order valence-corrected chi connectivity index (χ4v) is 4.47. The molecule has 3 heteroatoms. The van der Waals surface area contributed by atoms with Crippen LogP contribution in [0.3, 0.4) is 0 Å². The van der Waals surface area contributed by atoms with Crippen molar-refractivity contribution in [2.24, 2.45) is 11.8 Å². The van der Waals surface area contributed by atoms with Crippen molar-refractivity contribution < 1.29 is 0 Å². The highest BCUT2D eigenvalue weighted by atomic mass is 32.2. The van der Waals surface area contributed by atoms with Gasteiger partial charge in [0.1, 0.15) is 0 Å². The minimum Gasteiger partial charge on any atom is -0.311 e. The summed E-state index contributed by atoms with van der Waals surface area (Å²) in [6.07, 6.45) is 4.52. The molecule has 3 aliphatic rings. The first-order valence-corrected chi connectivity index (χ1v) is 7.61. The molecule has 1 N–H and O–H groups in total. The van der Waals surface area contributed by atoms with E-state index in [2.05, 4.69) is 22.0 Å². The molecule has 15 heavy (non-hydrogen) atoms. The van der Waals surface area contributed by atoms with Crippen LogP contribution in [0.25, 0.3) is 0 Å². The Morgan fingerprint density at radius 3 is 2.67 bits per heavy atom. The molecule has 0 amide bonds. The first kappa shape index (κ1) is 10.4. The van der Waals surface area contributed by atoms with Gasteiger partial charge in [0.2, 0.25) is 0 Å². The molecule has 3 unspecified atom stereocenters. The minimum absolute atomic E-state index is 0.766. The summed E-state index contributed by atoms with van der Waals surface area (Å²) in [5.41, 5.74) is 0. The molecule has 0 radical (unpaired) electrons. The lowest BCUT2D eigenvalue weighted by Crippen LogP contribution is -2.45. The molecule has 0 aromatic heterocycles. The van der Waals surface area contributed by atoms with Crippen LogP contribution in [0.4, 0.5) is 0 Å². The van der Waals surface area contributed by atoms with Gasteiger partial charge in [-0.3, -0.25) is 0 Å².